The summed E-state index contributed by atoms with van der Waals surface area (Å²) in [5.74, 6) is -0.0783. The van der Waals surface area contributed by atoms with Crippen LogP contribution in [0.4, 0.5) is 0 Å². The van der Waals surface area contributed by atoms with Gasteiger partial charge in [0.1, 0.15) is 5.69 Å². The molecular formula is C26H26N6O2. The van der Waals surface area contributed by atoms with Crippen LogP contribution >= 0.6 is 0 Å². The van der Waals surface area contributed by atoms with Gasteiger partial charge in [-0.05, 0) is 42.7 Å². The first-order chi connectivity index (χ1) is 16.7. The largest absolute Gasteiger partial charge is 0.351 e. The van der Waals surface area contributed by atoms with Crippen LogP contribution < -0.4 is 0 Å². The maximum Gasteiger partial charge on any atom is 0.274 e. The molecule has 5 heterocycles. The molecule has 8 nitrogen and oxygen atoms in total. The third-order valence-electron chi connectivity index (χ3n) is 6.86. The number of hydrogen-bond acceptors (Lipinski definition) is 4. The van der Waals surface area contributed by atoms with Crippen LogP contribution in [0.5, 0.6) is 0 Å². The van der Waals surface area contributed by atoms with E-state index in [0.717, 1.165) is 53.7 Å². The van der Waals surface area contributed by atoms with Crippen molar-refractivity contribution in [1.29, 1.82) is 0 Å². The maximum absolute atomic E-state index is 13.4. The number of fused-ring (bicyclic) bond motifs is 2. The Bertz CT molecular complexity index is 1330. The number of pyridine rings is 1. The van der Waals surface area contributed by atoms with Gasteiger partial charge in [0.2, 0.25) is 0 Å². The van der Waals surface area contributed by atoms with Gasteiger partial charge in [0.05, 0.1) is 13.1 Å². The van der Waals surface area contributed by atoms with Gasteiger partial charge in [0, 0.05) is 60.6 Å². The Hall–Kier alpha value is -3.94. The highest BCUT2D eigenvalue weighted by atomic mass is 16.2. The zero-order valence-corrected chi connectivity index (χ0v) is 18.9. The van der Waals surface area contributed by atoms with E-state index < -0.39 is 0 Å². The highest BCUT2D eigenvalue weighted by Gasteiger charge is 2.33. The standard InChI is InChI=1S/C26H26N6O2/c33-25(22-15-19-5-1-2-6-21(19)28-22)31-14-9-23-20(17-31)24(26(34)30-12-3-4-13-30)29-32(23)16-18-7-10-27-11-8-18/h1-2,5-8,10-11,15,28H,3-4,9,12-14,16-17H2. The van der Waals surface area contributed by atoms with E-state index in [4.69, 9.17) is 5.10 Å². The molecule has 0 spiro atoms. The molecule has 1 fully saturated rings. The maximum atomic E-state index is 13.4. The van der Waals surface area contributed by atoms with Crippen molar-refractivity contribution in [3.05, 3.63) is 83.1 Å². The number of amides is 2. The van der Waals surface area contributed by atoms with Crippen LogP contribution in [0.15, 0.2) is 54.9 Å². The summed E-state index contributed by atoms with van der Waals surface area (Å²) in [6, 6.07) is 13.7. The molecule has 8 heteroatoms. The fraction of sp³-hybridized carbons (Fsp3) is 0.308. The number of para-hydroxylation sites is 1. The topological polar surface area (TPSA) is 87.1 Å². The summed E-state index contributed by atoms with van der Waals surface area (Å²) in [6.45, 7) is 3.08. The second-order valence-electron chi connectivity index (χ2n) is 9.03. The number of hydrogen-bond donors (Lipinski definition) is 1. The summed E-state index contributed by atoms with van der Waals surface area (Å²) in [5, 5.41) is 5.80. The van der Waals surface area contributed by atoms with E-state index in [1.807, 2.05) is 56.9 Å². The number of H-pyrrole nitrogens is 1. The second kappa shape index (κ2) is 8.44. The molecule has 172 valence electrons. The van der Waals surface area contributed by atoms with Crippen molar-refractivity contribution >= 4 is 22.7 Å². The van der Waals surface area contributed by atoms with Gasteiger partial charge in [0.15, 0.2) is 5.69 Å². The summed E-state index contributed by atoms with van der Waals surface area (Å²) in [7, 11) is 0. The molecule has 0 atom stereocenters. The minimum absolute atomic E-state index is 0.0258. The zero-order chi connectivity index (χ0) is 23.1. The molecule has 2 aliphatic heterocycles. The minimum Gasteiger partial charge on any atom is -0.351 e. The van der Waals surface area contributed by atoms with Crippen molar-refractivity contribution in [2.75, 3.05) is 19.6 Å². The molecule has 1 aromatic carbocycles. The van der Waals surface area contributed by atoms with Crippen LogP contribution in [0.3, 0.4) is 0 Å². The number of likely N-dealkylation sites (tertiary alicyclic amines) is 1. The average Bonchev–Trinajstić information content (AvgIpc) is 3.62. The highest BCUT2D eigenvalue weighted by molar-refractivity contribution is 5.98. The lowest BCUT2D eigenvalue weighted by atomic mass is 10.0. The Kier molecular flexibility index (Phi) is 5.13. The Morgan fingerprint density at radius 3 is 2.53 bits per heavy atom. The molecule has 6 rings (SSSR count). The van der Waals surface area contributed by atoms with Gasteiger partial charge in [-0.2, -0.15) is 5.10 Å². The smallest absolute Gasteiger partial charge is 0.274 e. The molecule has 0 unspecified atom stereocenters. The average molecular weight is 455 g/mol. The van der Waals surface area contributed by atoms with E-state index in [1.54, 1.807) is 12.4 Å². The first-order valence-corrected chi connectivity index (χ1v) is 11.8. The van der Waals surface area contributed by atoms with Gasteiger partial charge in [-0.15, -0.1) is 0 Å². The van der Waals surface area contributed by atoms with E-state index in [-0.39, 0.29) is 11.8 Å². The number of nitrogens with one attached hydrogen (secondary N) is 1. The molecule has 3 aromatic heterocycles. The molecule has 2 aliphatic rings. The third-order valence-corrected chi connectivity index (χ3v) is 6.86. The predicted octanol–water partition coefficient (Wildman–Crippen LogP) is 3.24. The first-order valence-electron chi connectivity index (χ1n) is 11.8. The zero-order valence-electron chi connectivity index (χ0n) is 18.9. The van der Waals surface area contributed by atoms with Crippen molar-refractivity contribution in [2.45, 2.75) is 32.4 Å². The molecule has 1 saturated heterocycles. The van der Waals surface area contributed by atoms with Crippen LogP contribution in [-0.4, -0.2) is 61.0 Å². The Morgan fingerprint density at radius 2 is 1.74 bits per heavy atom. The normalized spacial score (nSPS) is 15.6. The summed E-state index contributed by atoms with van der Waals surface area (Å²) in [6.07, 6.45) is 6.24. The van der Waals surface area contributed by atoms with Crippen LogP contribution in [0.1, 0.15) is 50.6 Å². The van der Waals surface area contributed by atoms with Crippen molar-refractivity contribution in [2.24, 2.45) is 0 Å². The SMILES string of the molecule is O=C(c1cc2ccccc2[nH]1)N1CCc2c(c(C(=O)N3CCCC3)nn2Cc2ccncc2)C1. The highest BCUT2D eigenvalue weighted by Crippen LogP contribution is 2.27. The number of benzene rings is 1. The monoisotopic (exact) mass is 454 g/mol. The molecule has 0 bridgehead atoms. The summed E-state index contributed by atoms with van der Waals surface area (Å²) >= 11 is 0. The predicted molar refractivity (Wildman–Crippen MR) is 127 cm³/mol. The quantitative estimate of drug-likeness (QED) is 0.513. The molecule has 0 aliphatic carbocycles. The number of carbonyl (C=O) groups excluding carboxylic acids is 2. The molecule has 1 N–H and O–H groups in total. The Labute approximate surface area is 197 Å². The third kappa shape index (κ3) is 3.65. The summed E-state index contributed by atoms with van der Waals surface area (Å²) in [4.78, 5) is 37.8. The fourth-order valence-corrected chi connectivity index (χ4v) is 5.06. The lowest BCUT2D eigenvalue weighted by Crippen LogP contribution is -2.37. The number of aromatic nitrogens is 4. The van der Waals surface area contributed by atoms with Crippen LogP contribution in [0, 0.1) is 0 Å². The van der Waals surface area contributed by atoms with Crippen molar-refractivity contribution in [1.82, 2.24) is 29.5 Å². The van der Waals surface area contributed by atoms with E-state index in [0.29, 0.717) is 37.4 Å². The second-order valence-corrected chi connectivity index (χ2v) is 9.03. The Morgan fingerprint density at radius 1 is 0.941 bits per heavy atom. The first kappa shape index (κ1) is 20.7. The van der Waals surface area contributed by atoms with Gasteiger partial charge in [-0.3, -0.25) is 19.3 Å². The van der Waals surface area contributed by atoms with Crippen molar-refractivity contribution < 1.29 is 9.59 Å². The van der Waals surface area contributed by atoms with Crippen molar-refractivity contribution in [3.8, 4) is 0 Å². The molecule has 0 saturated carbocycles. The number of nitrogens with zero attached hydrogens (tertiary/aromatic N) is 5. The van der Waals surface area contributed by atoms with Gasteiger partial charge in [0.25, 0.3) is 11.8 Å². The summed E-state index contributed by atoms with van der Waals surface area (Å²) in [5.41, 5.74) is 5.00. The number of aromatic amines is 1. The molecule has 34 heavy (non-hydrogen) atoms. The molecule has 0 radical (unpaired) electrons. The Balaban J connectivity index is 1.33. The molecular weight excluding hydrogens is 428 g/mol. The lowest BCUT2D eigenvalue weighted by Gasteiger charge is -2.28. The van der Waals surface area contributed by atoms with Crippen molar-refractivity contribution in [3.63, 3.8) is 0 Å². The lowest BCUT2D eigenvalue weighted by molar-refractivity contribution is 0.0718. The molecule has 4 aromatic rings. The van der Waals surface area contributed by atoms with E-state index >= 15 is 0 Å². The van der Waals surface area contributed by atoms with Gasteiger partial charge < -0.3 is 14.8 Å². The summed E-state index contributed by atoms with van der Waals surface area (Å²) < 4.78 is 1.94. The van der Waals surface area contributed by atoms with Crippen LogP contribution in [0.25, 0.3) is 10.9 Å². The van der Waals surface area contributed by atoms with E-state index in [9.17, 15) is 9.59 Å². The minimum atomic E-state index is -0.0525. The number of carbonyl (C=O) groups is 2. The van der Waals surface area contributed by atoms with Crippen LogP contribution in [-0.2, 0) is 19.5 Å². The fourth-order valence-electron chi connectivity index (χ4n) is 5.06. The molecule has 2 amide bonds. The van der Waals surface area contributed by atoms with Gasteiger partial charge in [-0.1, -0.05) is 18.2 Å². The van der Waals surface area contributed by atoms with Crippen LogP contribution in [0.2, 0.25) is 0 Å². The van der Waals surface area contributed by atoms with E-state index in [2.05, 4.69) is 9.97 Å². The van der Waals surface area contributed by atoms with Gasteiger partial charge in [-0.25, -0.2) is 0 Å². The van der Waals surface area contributed by atoms with E-state index in [1.165, 1.54) is 0 Å². The number of rotatable bonds is 4. The van der Waals surface area contributed by atoms with Gasteiger partial charge >= 0.3 is 0 Å².